The van der Waals surface area contributed by atoms with Crippen LogP contribution in [0.15, 0.2) is 23.0 Å². The number of aromatic nitrogens is 2. The van der Waals surface area contributed by atoms with Gasteiger partial charge < -0.3 is 20.9 Å². The van der Waals surface area contributed by atoms with Gasteiger partial charge in [-0.05, 0) is 36.0 Å². The Morgan fingerprint density at radius 1 is 1.41 bits per heavy atom. The molecule has 0 aliphatic heterocycles. The van der Waals surface area contributed by atoms with Crippen LogP contribution in [0.5, 0.6) is 6.01 Å². The van der Waals surface area contributed by atoms with Gasteiger partial charge >= 0.3 is 6.18 Å². The number of halogens is 4. The van der Waals surface area contributed by atoms with Gasteiger partial charge in [-0.3, -0.25) is 9.78 Å². The van der Waals surface area contributed by atoms with Gasteiger partial charge in [-0.2, -0.15) is 18.2 Å². The molecule has 7 nitrogen and oxygen atoms in total. The Labute approximate surface area is 161 Å². The first-order chi connectivity index (χ1) is 13.5. The van der Waals surface area contributed by atoms with Crippen LogP contribution in [-0.4, -0.2) is 32.5 Å². The molecular weight excluding hydrogens is 396 g/mol. The van der Waals surface area contributed by atoms with Crippen LogP contribution in [0.3, 0.4) is 0 Å². The number of aromatic amines is 1. The Morgan fingerprint density at radius 3 is 2.59 bits per heavy atom. The SMILES string of the molecule is CC1(C(Nc2nc(O)[nH]c(=O)c2C(=N)CO)c2ccc(C(F)(F)F)c(F)c2)CC1. The minimum absolute atomic E-state index is 0.193. The molecule has 1 fully saturated rings. The van der Waals surface area contributed by atoms with Crippen molar-refractivity contribution < 1.29 is 27.8 Å². The Kier molecular flexibility index (Phi) is 5.11. The maximum absolute atomic E-state index is 14.1. The number of hydrogen-bond donors (Lipinski definition) is 5. The average Bonchev–Trinajstić information content (AvgIpc) is 3.35. The monoisotopic (exact) mass is 414 g/mol. The highest BCUT2D eigenvalue weighted by molar-refractivity contribution is 6.02. The summed E-state index contributed by atoms with van der Waals surface area (Å²) in [5, 5.41) is 29.5. The summed E-state index contributed by atoms with van der Waals surface area (Å²) in [5.74, 6) is -1.67. The van der Waals surface area contributed by atoms with Crippen molar-refractivity contribution in [3.05, 3.63) is 51.1 Å². The number of aliphatic hydroxyl groups excluding tert-OH is 1. The number of anilines is 1. The van der Waals surface area contributed by atoms with Gasteiger partial charge in [0.2, 0.25) is 0 Å². The third-order valence-corrected chi connectivity index (χ3v) is 5.02. The number of alkyl halides is 3. The van der Waals surface area contributed by atoms with Crippen LogP contribution in [0, 0.1) is 16.6 Å². The summed E-state index contributed by atoms with van der Waals surface area (Å²) >= 11 is 0. The fourth-order valence-electron chi connectivity index (χ4n) is 3.15. The lowest BCUT2D eigenvalue weighted by molar-refractivity contribution is -0.140. The van der Waals surface area contributed by atoms with E-state index in [-0.39, 0.29) is 16.9 Å². The van der Waals surface area contributed by atoms with E-state index in [0.717, 1.165) is 12.1 Å². The van der Waals surface area contributed by atoms with Crippen molar-refractivity contribution >= 4 is 11.5 Å². The second kappa shape index (κ2) is 7.14. The van der Waals surface area contributed by atoms with Gasteiger partial charge in [0.25, 0.3) is 11.6 Å². The minimum Gasteiger partial charge on any atom is -0.480 e. The van der Waals surface area contributed by atoms with Crippen molar-refractivity contribution in [1.82, 2.24) is 9.97 Å². The molecule has 3 rings (SSSR count). The summed E-state index contributed by atoms with van der Waals surface area (Å²) in [6, 6.07) is 1.05. The molecule has 156 valence electrons. The zero-order chi connectivity index (χ0) is 21.6. The zero-order valence-electron chi connectivity index (χ0n) is 15.2. The van der Waals surface area contributed by atoms with E-state index in [2.05, 4.69) is 10.3 Å². The maximum atomic E-state index is 14.1. The van der Waals surface area contributed by atoms with E-state index in [1.165, 1.54) is 0 Å². The first kappa shape index (κ1) is 20.8. The lowest BCUT2D eigenvalue weighted by Crippen LogP contribution is -2.28. The van der Waals surface area contributed by atoms with Gasteiger partial charge in [-0.25, -0.2) is 4.39 Å². The Morgan fingerprint density at radius 2 is 2.07 bits per heavy atom. The highest BCUT2D eigenvalue weighted by Gasteiger charge is 2.46. The van der Waals surface area contributed by atoms with Gasteiger partial charge in [0, 0.05) is 0 Å². The summed E-state index contributed by atoms with van der Waals surface area (Å²) in [5.41, 5.74) is -3.34. The van der Waals surface area contributed by atoms with Gasteiger partial charge in [-0.15, -0.1) is 0 Å². The molecule has 1 aliphatic rings. The van der Waals surface area contributed by atoms with Crippen LogP contribution < -0.4 is 10.9 Å². The smallest absolute Gasteiger partial charge is 0.419 e. The Hall–Kier alpha value is -2.95. The van der Waals surface area contributed by atoms with E-state index in [1.807, 2.05) is 11.9 Å². The summed E-state index contributed by atoms with van der Waals surface area (Å²) in [4.78, 5) is 17.9. The molecule has 0 amide bonds. The van der Waals surface area contributed by atoms with Crippen molar-refractivity contribution in [1.29, 1.82) is 5.41 Å². The van der Waals surface area contributed by atoms with Gasteiger partial charge in [0.15, 0.2) is 0 Å². The molecule has 1 aromatic carbocycles. The zero-order valence-corrected chi connectivity index (χ0v) is 15.2. The predicted octanol–water partition coefficient (Wildman–Crippen LogP) is 2.95. The quantitative estimate of drug-likeness (QED) is 0.368. The summed E-state index contributed by atoms with van der Waals surface area (Å²) < 4.78 is 52.7. The Bertz CT molecular complexity index is 1020. The summed E-state index contributed by atoms with van der Waals surface area (Å²) in [6.07, 6.45) is -3.48. The molecule has 1 unspecified atom stereocenters. The van der Waals surface area contributed by atoms with Crippen molar-refractivity contribution in [2.45, 2.75) is 32.0 Å². The largest absolute Gasteiger partial charge is 0.480 e. The molecule has 5 N–H and O–H groups in total. The van der Waals surface area contributed by atoms with E-state index >= 15 is 0 Å². The molecule has 11 heteroatoms. The van der Waals surface area contributed by atoms with Gasteiger partial charge in [-0.1, -0.05) is 13.0 Å². The molecular formula is C18H18F4N4O3. The number of nitrogens with one attached hydrogen (secondary N) is 3. The third-order valence-electron chi connectivity index (χ3n) is 5.02. The van der Waals surface area contributed by atoms with Gasteiger partial charge in [0.05, 0.1) is 23.9 Å². The van der Waals surface area contributed by atoms with Crippen LogP contribution in [0.1, 0.15) is 42.5 Å². The number of aromatic hydroxyl groups is 1. The second-order valence-corrected chi connectivity index (χ2v) is 7.22. The van der Waals surface area contributed by atoms with Crippen LogP contribution in [-0.2, 0) is 6.18 Å². The predicted molar refractivity (Wildman–Crippen MR) is 95.5 cm³/mol. The molecule has 0 bridgehead atoms. The lowest BCUT2D eigenvalue weighted by Gasteiger charge is -2.27. The standard InChI is InChI=1S/C18H18F4N4O3/c1-17(4-5-17)13(8-2-3-9(10(19)6-8)18(20,21)22)24-14-12(11(23)7-27)15(28)26-16(29)25-14/h2-3,6,13,23,27H,4-5,7H2,1H3,(H3,24,25,26,28,29). The van der Waals surface area contributed by atoms with E-state index < -0.39 is 52.9 Å². The molecule has 1 aromatic heterocycles. The minimum atomic E-state index is -4.83. The van der Waals surface area contributed by atoms with Crippen molar-refractivity contribution in [3.8, 4) is 6.01 Å². The number of H-pyrrole nitrogens is 1. The summed E-state index contributed by atoms with van der Waals surface area (Å²) in [6.45, 7) is 1.05. The van der Waals surface area contributed by atoms with E-state index in [0.29, 0.717) is 18.9 Å². The third kappa shape index (κ3) is 4.09. The topological polar surface area (TPSA) is 122 Å². The molecule has 0 radical (unpaired) electrons. The molecule has 1 aliphatic carbocycles. The van der Waals surface area contributed by atoms with Crippen LogP contribution in [0.2, 0.25) is 0 Å². The van der Waals surface area contributed by atoms with E-state index in [9.17, 15) is 32.6 Å². The van der Waals surface area contributed by atoms with E-state index in [1.54, 1.807) is 0 Å². The fraction of sp³-hybridized carbons (Fsp3) is 0.389. The second-order valence-electron chi connectivity index (χ2n) is 7.22. The van der Waals surface area contributed by atoms with E-state index in [4.69, 9.17) is 5.41 Å². The molecule has 0 spiro atoms. The number of hydrogen-bond acceptors (Lipinski definition) is 6. The summed E-state index contributed by atoms with van der Waals surface area (Å²) in [7, 11) is 0. The van der Waals surface area contributed by atoms with Crippen molar-refractivity contribution in [2.24, 2.45) is 5.41 Å². The van der Waals surface area contributed by atoms with Gasteiger partial charge in [0.1, 0.15) is 17.2 Å². The van der Waals surface area contributed by atoms with Crippen molar-refractivity contribution in [2.75, 3.05) is 11.9 Å². The highest BCUT2D eigenvalue weighted by Crippen LogP contribution is 2.55. The molecule has 2 aromatic rings. The highest BCUT2D eigenvalue weighted by atomic mass is 19.4. The Balaban J connectivity index is 2.07. The van der Waals surface area contributed by atoms with Crippen LogP contribution >= 0.6 is 0 Å². The van der Waals surface area contributed by atoms with Crippen LogP contribution in [0.25, 0.3) is 0 Å². The fourth-order valence-corrected chi connectivity index (χ4v) is 3.15. The number of nitrogens with zero attached hydrogens (tertiary/aromatic N) is 1. The molecule has 1 heterocycles. The molecule has 29 heavy (non-hydrogen) atoms. The lowest BCUT2D eigenvalue weighted by atomic mass is 9.90. The first-order valence-corrected chi connectivity index (χ1v) is 8.61. The average molecular weight is 414 g/mol. The van der Waals surface area contributed by atoms with Crippen molar-refractivity contribution in [3.63, 3.8) is 0 Å². The maximum Gasteiger partial charge on any atom is 0.419 e. The molecule has 1 atom stereocenters. The number of aliphatic hydroxyl groups is 1. The normalized spacial score (nSPS) is 16.3. The molecule has 0 saturated heterocycles. The number of benzene rings is 1. The molecule has 1 saturated carbocycles. The first-order valence-electron chi connectivity index (χ1n) is 8.61. The number of rotatable bonds is 6. The van der Waals surface area contributed by atoms with Crippen LogP contribution in [0.4, 0.5) is 23.4 Å².